The van der Waals surface area contributed by atoms with Gasteiger partial charge < -0.3 is 10.0 Å². The minimum Gasteiger partial charge on any atom is -0.395 e. The highest BCUT2D eigenvalue weighted by molar-refractivity contribution is 5.96. The SMILES string of the molecule is CC1CCN(C(=O)c2ccccc2C#CCCO)CC1. The second kappa shape index (κ2) is 7.12. The Labute approximate surface area is 120 Å². The van der Waals surface area contributed by atoms with Crippen LogP contribution in [0.2, 0.25) is 0 Å². The zero-order chi connectivity index (χ0) is 14.4. The number of hydrogen-bond acceptors (Lipinski definition) is 2. The van der Waals surface area contributed by atoms with Gasteiger partial charge in [-0.15, -0.1) is 0 Å². The Morgan fingerprint density at radius 1 is 1.35 bits per heavy atom. The van der Waals surface area contributed by atoms with Crippen molar-refractivity contribution in [1.82, 2.24) is 4.90 Å². The fraction of sp³-hybridized carbons (Fsp3) is 0.471. The van der Waals surface area contributed by atoms with E-state index in [2.05, 4.69) is 18.8 Å². The lowest BCUT2D eigenvalue weighted by Gasteiger charge is -2.30. The van der Waals surface area contributed by atoms with Gasteiger partial charge in [-0.3, -0.25) is 4.79 Å². The number of benzene rings is 1. The molecule has 0 radical (unpaired) electrons. The third kappa shape index (κ3) is 3.61. The van der Waals surface area contributed by atoms with Crippen LogP contribution in [-0.4, -0.2) is 35.6 Å². The topological polar surface area (TPSA) is 40.5 Å². The zero-order valence-electron chi connectivity index (χ0n) is 11.9. The van der Waals surface area contributed by atoms with Crippen molar-refractivity contribution in [2.75, 3.05) is 19.7 Å². The molecule has 1 aromatic carbocycles. The summed E-state index contributed by atoms with van der Waals surface area (Å²) in [6, 6.07) is 7.46. The Hall–Kier alpha value is -1.79. The molecular weight excluding hydrogens is 250 g/mol. The minimum absolute atomic E-state index is 0.0487. The van der Waals surface area contributed by atoms with Gasteiger partial charge in [0.15, 0.2) is 0 Å². The predicted molar refractivity (Wildman–Crippen MR) is 79.3 cm³/mol. The van der Waals surface area contributed by atoms with E-state index in [-0.39, 0.29) is 12.5 Å². The first kappa shape index (κ1) is 14.6. The van der Waals surface area contributed by atoms with E-state index in [4.69, 9.17) is 5.11 Å². The summed E-state index contributed by atoms with van der Waals surface area (Å²) in [6.07, 6.45) is 2.58. The van der Waals surface area contributed by atoms with Gasteiger partial charge in [-0.05, 0) is 30.9 Å². The average molecular weight is 271 g/mol. The second-order valence-corrected chi connectivity index (χ2v) is 5.30. The van der Waals surface area contributed by atoms with E-state index in [1.54, 1.807) is 0 Å². The lowest BCUT2D eigenvalue weighted by molar-refractivity contribution is 0.0697. The van der Waals surface area contributed by atoms with Crippen molar-refractivity contribution < 1.29 is 9.90 Å². The number of nitrogens with zero attached hydrogens (tertiary/aromatic N) is 1. The maximum Gasteiger partial charge on any atom is 0.255 e. The molecule has 0 bridgehead atoms. The molecule has 1 saturated heterocycles. The largest absolute Gasteiger partial charge is 0.395 e. The van der Waals surface area contributed by atoms with Gasteiger partial charge >= 0.3 is 0 Å². The van der Waals surface area contributed by atoms with Gasteiger partial charge in [0.2, 0.25) is 0 Å². The van der Waals surface area contributed by atoms with Crippen LogP contribution in [0.25, 0.3) is 0 Å². The molecule has 0 aromatic heterocycles. The van der Waals surface area contributed by atoms with Gasteiger partial charge in [0.1, 0.15) is 0 Å². The second-order valence-electron chi connectivity index (χ2n) is 5.30. The number of likely N-dealkylation sites (tertiary alicyclic amines) is 1. The number of carbonyl (C=O) groups is 1. The normalized spacial score (nSPS) is 15.6. The van der Waals surface area contributed by atoms with Gasteiger partial charge in [0.05, 0.1) is 12.2 Å². The monoisotopic (exact) mass is 271 g/mol. The smallest absolute Gasteiger partial charge is 0.255 e. The van der Waals surface area contributed by atoms with E-state index in [0.29, 0.717) is 17.9 Å². The highest BCUT2D eigenvalue weighted by Crippen LogP contribution is 2.19. The van der Waals surface area contributed by atoms with E-state index in [1.807, 2.05) is 29.2 Å². The van der Waals surface area contributed by atoms with Crippen molar-refractivity contribution in [3.05, 3.63) is 35.4 Å². The van der Waals surface area contributed by atoms with Crippen molar-refractivity contribution in [3.8, 4) is 11.8 Å². The number of amides is 1. The van der Waals surface area contributed by atoms with E-state index in [0.717, 1.165) is 31.5 Å². The molecule has 3 nitrogen and oxygen atoms in total. The molecule has 0 atom stereocenters. The maximum atomic E-state index is 12.6. The third-order valence-corrected chi connectivity index (χ3v) is 3.69. The van der Waals surface area contributed by atoms with Crippen molar-refractivity contribution in [2.24, 2.45) is 5.92 Å². The van der Waals surface area contributed by atoms with Crippen LogP contribution < -0.4 is 0 Å². The molecule has 1 fully saturated rings. The van der Waals surface area contributed by atoms with Gasteiger partial charge in [0.25, 0.3) is 5.91 Å². The standard InChI is InChI=1S/C17H21NO2/c1-14-9-11-18(12-10-14)17(20)16-8-3-2-6-15(16)7-4-5-13-19/h2-3,6,8,14,19H,5,9-13H2,1H3. The molecule has 1 amide bonds. The van der Waals surface area contributed by atoms with Gasteiger partial charge in [-0.2, -0.15) is 0 Å². The molecule has 3 heteroatoms. The first-order chi connectivity index (χ1) is 9.72. The molecule has 1 aromatic rings. The Kier molecular flexibility index (Phi) is 5.20. The molecule has 20 heavy (non-hydrogen) atoms. The highest BCUT2D eigenvalue weighted by atomic mass is 16.2. The lowest BCUT2D eigenvalue weighted by atomic mass is 9.98. The van der Waals surface area contributed by atoms with Gasteiger partial charge in [0, 0.05) is 25.1 Å². The van der Waals surface area contributed by atoms with E-state index in [1.165, 1.54) is 0 Å². The first-order valence-electron chi connectivity index (χ1n) is 7.20. The van der Waals surface area contributed by atoms with Crippen LogP contribution in [0.3, 0.4) is 0 Å². The number of aliphatic hydroxyl groups excluding tert-OH is 1. The number of piperidine rings is 1. The van der Waals surface area contributed by atoms with Crippen LogP contribution in [0.15, 0.2) is 24.3 Å². The summed E-state index contributed by atoms with van der Waals surface area (Å²) >= 11 is 0. The Morgan fingerprint density at radius 3 is 2.75 bits per heavy atom. The molecule has 1 heterocycles. The average Bonchev–Trinajstić information content (AvgIpc) is 2.48. The van der Waals surface area contributed by atoms with E-state index >= 15 is 0 Å². The number of hydrogen-bond donors (Lipinski definition) is 1. The summed E-state index contributed by atoms with van der Waals surface area (Å²) in [5.41, 5.74) is 1.43. The lowest BCUT2D eigenvalue weighted by Crippen LogP contribution is -2.38. The van der Waals surface area contributed by atoms with Gasteiger partial charge in [-0.1, -0.05) is 30.9 Å². The number of rotatable bonds is 2. The molecule has 1 aliphatic heterocycles. The van der Waals surface area contributed by atoms with Crippen molar-refractivity contribution in [2.45, 2.75) is 26.2 Å². The number of carbonyl (C=O) groups excluding carboxylic acids is 1. The quantitative estimate of drug-likeness (QED) is 0.838. The van der Waals surface area contributed by atoms with Crippen LogP contribution in [0, 0.1) is 17.8 Å². The summed E-state index contributed by atoms with van der Waals surface area (Å²) in [6.45, 7) is 3.94. The van der Waals surface area contributed by atoms with Gasteiger partial charge in [-0.25, -0.2) is 0 Å². The van der Waals surface area contributed by atoms with Crippen LogP contribution in [-0.2, 0) is 0 Å². The number of aliphatic hydroxyl groups is 1. The summed E-state index contributed by atoms with van der Waals surface area (Å²) in [7, 11) is 0. The van der Waals surface area contributed by atoms with Crippen molar-refractivity contribution in [3.63, 3.8) is 0 Å². The minimum atomic E-state index is 0.0487. The Bertz CT molecular complexity index is 519. The Morgan fingerprint density at radius 2 is 2.05 bits per heavy atom. The van der Waals surface area contributed by atoms with Crippen molar-refractivity contribution >= 4 is 5.91 Å². The molecule has 1 aliphatic rings. The molecule has 0 spiro atoms. The summed E-state index contributed by atoms with van der Waals surface area (Å²) < 4.78 is 0. The zero-order valence-corrected chi connectivity index (χ0v) is 11.9. The van der Waals surface area contributed by atoms with Crippen LogP contribution >= 0.6 is 0 Å². The molecule has 0 aliphatic carbocycles. The fourth-order valence-corrected chi connectivity index (χ4v) is 2.37. The molecule has 1 N–H and O–H groups in total. The van der Waals surface area contributed by atoms with Crippen LogP contribution in [0.4, 0.5) is 0 Å². The predicted octanol–water partition coefficient (Wildman–Crippen LogP) is 2.29. The Balaban J connectivity index is 2.16. The van der Waals surface area contributed by atoms with Crippen LogP contribution in [0.5, 0.6) is 0 Å². The third-order valence-electron chi connectivity index (χ3n) is 3.69. The molecule has 0 unspecified atom stereocenters. The summed E-state index contributed by atoms with van der Waals surface area (Å²) in [5, 5.41) is 8.77. The maximum absolute atomic E-state index is 12.6. The molecule has 0 saturated carbocycles. The highest BCUT2D eigenvalue weighted by Gasteiger charge is 2.22. The molecular formula is C17H21NO2. The van der Waals surface area contributed by atoms with E-state index < -0.39 is 0 Å². The fourth-order valence-electron chi connectivity index (χ4n) is 2.37. The molecule has 2 rings (SSSR count). The molecule has 106 valence electrons. The van der Waals surface area contributed by atoms with Crippen LogP contribution in [0.1, 0.15) is 42.1 Å². The summed E-state index contributed by atoms with van der Waals surface area (Å²) in [5.74, 6) is 6.65. The van der Waals surface area contributed by atoms with Crippen molar-refractivity contribution in [1.29, 1.82) is 0 Å². The first-order valence-corrected chi connectivity index (χ1v) is 7.20. The summed E-state index contributed by atoms with van der Waals surface area (Å²) in [4.78, 5) is 14.5. The van der Waals surface area contributed by atoms with E-state index in [9.17, 15) is 4.79 Å².